The largest absolute Gasteiger partial charge is 0.376 e. The second kappa shape index (κ2) is 6.77. The van der Waals surface area contributed by atoms with Crippen LogP contribution in [0.15, 0.2) is 0 Å². The quantitative estimate of drug-likeness (QED) is 0.835. The van der Waals surface area contributed by atoms with Crippen molar-refractivity contribution in [3.8, 4) is 0 Å². The Balaban J connectivity index is 1.59. The molecule has 0 N–H and O–H groups in total. The second-order valence-corrected chi connectivity index (χ2v) is 7.15. The second-order valence-electron chi connectivity index (χ2n) is 7.15. The fourth-order valence-corrected chi connectivity index (χ4v) is 3.85. The summed E-state index contributed by atoms with van der Waals surface area (Å²) < 4.78 is 14.1. The molecule has 1 aromatic heterocycles. The molecule has 0 spiro atoms. The molecule has 6 nitrogen and oxygen atoms in total. The lowest BCUT2D eigenvalue weighted by molar-refractivity contribution is 0.00396. The number of nitrogens with zero attached hydrogens (tertiary/aromatic N) is 4. The molecule has 3 aliphatic rings. The van der Waals surface area contributed by atoms with Gasteiger partial charge in [0.05, 0.1) is 12.6 Å². The van der Waals surface area contributed by atoms with E-state index in [1.54, 1.807) is 0 Å². The molecule has 2 saturated heterocycles. The van der Waals surface area contributed by atoms with E-state index in [0.717, 1.165) is 50.8 Å². The van der Waals surface area contributed by atoms with Gasteiger partial charge in [-0.25, -0.2) is 0 Å². The monoisotopic (exact) mass is 320 g/mol. The van der Waals surface area contributed by atoms with Crippen molar-refractivity contribution >= 4 is 5.95 Å². The zero-order valence-electron chi connectivity index (χ0n) is 14.1. The van der Waals surface area contributed by atoms with Crippen LogP contribution in [0.1, 0.15) is 63.3 Å². The topological polar surface area (TPSA) is 52.4 Å². The van der Waals surface area contributed by atoms with Gasteiger partial charge in [-0.15, -0.1) is 10.2 Å². The molecule has 2 atom stereocenters. The van der Waals surface area contributed by atoms with Crippen LogP contribution in [0.5, 0.6) is 0 Å². The van der Waals surface area contributed by atoms with Crippen molar-refractivity contribution in [1.82, 2.24) is 14.8 Å². The van der Waals surface area contributed by atoms with Gasteiger partial charge in [0.1, 0.15) is 6.10 Å². The van der Waals surface area contributed by atoms with Crippen molar-refractivity contribution in [2.75, 3.05) is 25.2 Å². The van der Waals surface area contributed by atoms with Crippen LogP contribution in [-0.4, -0.2) is 47.2 Å². The lowest BCUT2D eigenvalue weighted by atomic mass is 9.92. The molecule has 1 aliphatic carbocycles. The summed E-state index contributed by atoms with van der Waals surface area (Å²) in [5, 5.41) is 9.05. The van der Waals surface area contributed by atoms with E-state index < -0.39 is 0 Å². The third-order valence-corrected chi connectivity index (χ3v) is 5.58. The molecule has 4 rings (SSSR count). The molecule has 3 heterocycles. The minimum atomic E-state index is 0.106. The number of hydrogen-bond donors (Lipinski definition) is 0. The Kier molecular flexibility index (Phi) is 4.53. The Hall–Kier alpha value is -1.14. The first-order chi connectivity index (χ1) is 11.3. The molecule has 0 bridgehead atoms. The van der Waals surface area contributed by atoms with E-state index in [4.69, 9.17) is 9.47 Å². The van der Waals surface area contributed by atoms with E-state index in [-0.39, 0.29) is 12.2 Å². The summed E-state index contributed by atoms with van der Waals surface area (Å²) in [6.45, 7) is 2.58. The SMILES string of the molecule is CN(c1nnc([C@H]2CCCO2)n1CC1CCCCO1)C1CCC1. The Morgan fingerprint density at radius 3 is 2.52 bits per heavy atom. The van der Waals surface area contributed by atoms with Crippen molar-refractivity contribution < 1.29 is 9.47 Å². The van der Waals surface area contributed by atoms with Crippen molar-refractivity contribution in [2.24, 2.45) is 0 Å². The third-order valence-electron chi connectivity index (χ3n) is 5.58. The van der Waals surface area contributed by atoms with Crippen LogP contribution in [0, 0.1) is 0 Å². The number of ether oxygens (including phenoxy) is 2. The van der Waals surface area contributed by atoms with Crippen molar-refractivity contribution in [2.45, 2.75) is 76.2 Å². The predicted molar refractivity (Wildman–Crippen MR) is 87.6 cm³/mol. The van der Waals surface area contributed by atoms with Gasteiger partial charge in [0.25, 0.3) is 0 Å². The first kappa shape index (κ1) is 15.4. The molecule has 0 radical (unpaired) electrons. The molecule has 2 aliphatic heterocycles. The fourth-order valence-electron chi connectivity index (χ4n) is 3.85. The maximum Gasteiger partial charge on any atom is 0.227 e. The van der Waals surface area contributed by atoms with Gasteiger partial charge in [0.15, 0.2) is 5.82 Å². The zero-order chi connectivity index (χ0) is 15.6. The molecule has 23 heavy (non-hydrogen) atoms. The van der Waals surface area contributed by atoms with Gasteiger partial charge in [-0.1, -0.05) is 0 Å². The summed E-state index contributed by atoms with van der Waals surface area (Å²) >= 11 is 0. The van der Waals surface area contributed by atoms with Gasteiger partial charge < -0.3 is 14.4 Å². The summed E-state index contributed by atoms with van der Waals surface area (Å²) in [4.78, 5) is 2.32. The molecule has 0 aromatic carbocycles. The number of hydrogen-bond acceptors (Lipinski definition) is 5. The molecule has 1 unspecified atom stereocenters. The van der Waals surface area contributed by atoms with E-state index in [2.05, 4.69) is 26.7 Å². The van der Waals surface area contributed by atoms with Crippen molar-refractivity contribution in [1.29, 1.82) is 0 Å². The van der Waals surface area contributed by atoms with Gasteiger partial charge >= 0.3 is 0 Å². The van der Waals surface area contributed by atoms with Crippen molar-refractivity contribution in [3.63, 3.8) is 0 Å². The average molecular weight is 320 g/mol. The van der Waals surface area contributed by atoms with E-state index >= 15 is 0 Å². The number of rotatable bonds is 5. The smallest absolute Gasteiger partial charge is 0.227 e. The van der Waals surface area contributed by atoms with Crippen LogP contribution >= 0.6 is 0 Å². The standard InChI is InChI=1S/C17H28N4O2/c1-20(13-6-4-7-13)17-19-18-16(15-9-5-11-23-15)21(17)12-14-8-2-3-10-22-14/h13-15H,2-12H2,1H3/t14?,15-/m1/s1. The molecule has 3 fully saturated rings. The summed E-state index contributed by atoms with van der Waals surface area (Å²) in [5.74, 6) is 1.99. The Bertz CT molecular complexity index is 517. The lowest BCUT2D eigenvalue weighted by Crippen LogP contribution is -2.39. The normalized spacial score (nSPS) is 28.7. The predicted octanol–water partition coefficient (Wildman–Crippen LogP) is 2.69. The van der Waals surface area contributed by atoms with Gasteiger partial charge in [-0.2, -0.15) is 0 Å². The number of anilines is 1. The summed E-state index contributed by atoms with van der Waals surface area (Å²) in [6.07, 6.45) is 9.99. The Morgan fingerprint density at radius 1 is 1.00 bits per heavy atom. The van der Waals surface area contributed by atoms with Gasteiger partial charge in [0, 0.05) is 26.3 Å². The van der Waals surface area contributed by atoms with Crippen LogP contribution in [0.3, 0.4) is 0 Å². The Labute approximate surface area is 138 Å². The zero-order valence-corrected chi connectivity index (χ0v) is 14.1. The minimum Gasteiger partial charge on any atom is -0.376 e. The molecule has 1 aromatic rings. The summed E-state index contributed by atoms with van der Waals surface area (Å²) in [7, 11) is 2.16. The highest BCUT2D eigenvalue weighted by molar-refractivity contribution is 5.33. The molecule has 6 heteroatoms. The molecular formula is C17H28N4O2. The average Bonchev–Trinajstić information content (AvgIpc) is 3.15. The first-order valence-electron chi connectivity index (χ1n) is 9.22. The molecular weight excluding hydrogens is 292 g/mol. The molecule has 128 valence electrons. The van der Waals surface area contributed by atoms with Crippen LogP contribution in [0.2, 0.25) is 0 Å². The van der Waals surface area contributed by atoms with Gasteiger partial charge in [-0.3, -0.25) is 4.57 Å². The maximum absolute atomic E-state index is 5.97. The van der Waals surface area contributed by atoms with Gasteiger partial charge in [0.2, 0.25) is 5.95 Å². The van der Waals surface area contributed by atoms with Crippen molar-refractivity contribution in [3.05, 3.63) is 5.82 Å². The van der Waals surface area contributed by atoms with E-state index in [1.807, 2.05) is 0 Å². The highest BCUT2D eigenvalue weighted by Gasteiger charge is 2.31. The summed E-state index contributed by atoms with van der Waals surface area (Å²) in [5.41, 5.74) is 0. The number of aromatic nitrogens is 3. The third kappa shape index (κ3) is 3.11. The maximum atomic E-state index is 5.97. The van der Waals surface area contributed by atoms with Gasteiger partial charge in [-0.05, 0) is 51.4 Å². The van der Waals surface area contributed by atoms with Crippen LogP contribution in [-0.2, 0) is 16.0 Å². The van der Waals surface area contributed by atoms with Crippen LogP contribution in [0.4, 0.5) is 5.95 Å². The lowest BCUT2D eigenvalue weighted by Gasteiger charge is -2.36. The minimum absolute atomic E-state index is 0.106. The van der Waals surface area contributed by atoms with E-state index in [1.165, 1.54) is 32.1 Å². The van der Waals surface area contributed by atoms with E-state index in [0.29, 0.717) is 6.04 Å². The molecule has 1 saturated carbocycles. The first-order valence-corrected chi connectivity index (χ1v) is 9.22. The van der Waals surface area contributed by atoms with Crippen LogP contribution in [0.25, 0.3) is 0 Å². The van der Waals surface area contributed by atoms with E-state index in [9.17, 15) is 0 Å². The summed E-state index contributed by atoms with van der Waals surface area (Å²) in [6, 6.07) is 0.613. The Morgan fingerprint density at radius 2 is 1.87 bits per heavy atom. The highest BCUT2D eigenvalue weighted by Crippen LogP contribution is 2.33. The molecule has 0 amide bonds. The fraction of sp³-hybridized carbons (Fsp3) is 0.882. The highest BCUT2D eigenvalue weighted by atomic mass is 16.5. The van der Waals surface area contributed by atoms with Crippen LogP contribution < -0.4 is 4.90 Å².